The zero-order chi connectivity index (χ0) is 17.8. The lowest BCUT2D eigenvalue weighted by atomic mass is 10.1. The van der Waals surface area contributed by atoms with Crippen molar-refractivity contribution >= 4 is 16.8 Å². The molecule has 0 spiro atoms. The van der Waals surface area contributed by atoms with Crippen LogP contribution in [0, 0.1) is 0 Å². The Hall–Kier alpha value is -2.43. The second kappa shape index (κ2) is 7.85. The smallest absolute Gasteiger partial charge is 0.199 e. The third-order valence-electron chi connectivity index (χ3n) is 5.07. The van der Waals surface area contributed by atoms with Gasteiger partial charge >= 0.3 is 0 Å². The Kier molecular flexibility index (Phi) is 5.14. The molecule has 4 rings (SSSR count). The zero-order valence-electron chi connectivity index (χ0n) is 14.9. The molecule has 1 aromatic heterocycles. The van der Waals surface area contributed by atoms with Crippen LogP contribution >= 0.6 is 0 Å². The summed E-state index contributed by atoms with van der Waals surface area (Å²) in [4.78, 5) is 17.3. The van der Waals surface area contributed by atoms with Crippen molar-refractivity contribution < 1.29 is 9.21 Å². The summed E-state index contributed by atoms with van der Waals surface area (Å²) < 4.78 is 5.68. The molecule has 2 aromatic carbocycles. The monoisotopic (exact) mass is 348 g/mol. The number of hydrogen-bond donors (Lipinski definition) is 0. The Labute approximate surface area is 154 Å². The maximum absolute atomic E-state index is 12.4. The highest BCUT2D eigenvalue weighted by Crippen LogP contribution is 2.20. The van der Waals surface area contributed by atoms with E-state index < -0.39 is 0 Å². The lowest BCUT2D eigenvalue weighted by Crippen LogP contribution is -2.46. The number of piperazine rings is 1. The van der Waals surface area contributed by atoms with E-state index in [1.807, 2.05) is 30.3 Å². The molecule has 26 heavy (non-hydrogen) atoms. The summed E-state index contributed by atoms with van der Waals surface area (Å²) in [5.74, 6) is 0.571. The van der Waals surface area contributed by atoms with Gasteiger partial charge in [0.2, 0.25) is 0 Å². The van der Waals surface area contributed by atoms with Crippen LogP contribution in [0.4, 0.5) is 0 Å². The predicted molar refractivity (Wildman–Crippen MR) is 103 cm³/mol. The Morgan fingerprint density at radius 2 is 1.58 bits per heavy atom. The Bertz CT molecular complexity index is 831. The summed E-state index contributed by atoms with van der Waals surface area (Å²) in [5, 5.41) is 0.991. The first-order chi connectivity index (χ1) is 12.8. The van der Waals surface area contributed by atoms with E-state index >= 15 is 0 Å². The Morgan fingerprint density at radius 1 is 0.885 bits per heavy atom. The second-order valence-electron chi connectivity index (χ2n) is 6.93. The number of nitrogens with zero attached hydrogens (tertiary/aromatic N) is 2. The molecular formula is C22H24N2O2. The van der Waals surface area contributed by atoms with Gasteiger partial charge in [-0.25, -0.2) is 0 Å². The summed E-state index contributed by atoms with van der Waals surface area (Å²) in [6.07, 6.45) is 0.512. The molecule has 0 unspecified atom stereocenters. The molecule has 0 bridgehead atoms. The fourth-order valence-electron chi connectivity index (χ4n) is 3.51. The number of carbonyl (C=O) groups excluding carboxylic acids is 1. The summed E-state index contributed by atoms with van der Waals surface area (Å²) >= 11 is 0. The van der Waals surface area contributed by atoms with Crippen molar-refractivity contribution in [1.29, 1.82) is 0 Å². The van der Waals surface area contributed by atoms with Crippen molar-refractivity contribution in [3.63, 3.8) is 0 Å². The molecule has 4 heteroatoms. The van der Waals surface area contributed by atoms with Crippen LogP contribution in [0.25, 0.3) is 11.0 Å². The molecule has 1 aliphatic heterocycles. The first-order valence-corrected chi connectivity index (χ1v) is 9.28. The maximum Gasteiger partial charge on any atom is 0.199 e. The van der Waals surface area contributed by atoms with E-state index in [1.54, 1.807) is 0 Å². The number of fused-ring (bicyclic) bond motifs is 1. The third kappa shape index (κ3) is 4.03. The Morgan fingerprint density at radius 3 is 2.35 bits per heavy atom. The van der Waals surface area contributed by atoms with Gasteiger partial charge in [0.05, 0.1) is 0 Å². The van der Waals surface area contributed by atoms with Gasteiger partial charge in [0.1, 0.15) is 5.58 Å². The molecule has 1 saturated heterocycles. The number of Topliss-reactive ketones (excluding diaryl/α,β-unsaturated/α-hetero) is 1. The zero-order valence-corrected chi connectivity index (χ0v) is 14.9. The van der Waals surface area contributed by atoms with E-state index in [1.165, 1.54) is 5.56 Å². The summed E-state index contributed by atoms with van der Waals surface area (Å²) in [6.45, 7) is 5.93. The van der Waals surface area contributed by atoms with Crippen molar-refractivity contribution in [2.75, 3.05) is 32.7 Å². The molecule has 1 fully saturated rings. The molecule has 0 saturated carbocycles. The summed E-state index contributed by atoms with van der Waals surface area (Å²) in [7, 11) is 0. The van der Waals surface area contributed by atoms with E-state index in [4.69, 9.17) is 4.42 Å². The molecule has 0 aliphatic carbocycles. The van der Waals surface area contributed by atoms with Crippen molar-refractivity contribution in [3.8, 4) is 0 Å². The number of ketones is 1. The number of furan rings is 1. The van der Waals surface area contributed by atoms with E-state index in [2.05, 4.69) is 40.1 Å². The first kappa shape index (κ1) is 17.0. The van der Waals surface area contributed by atoms with Gasteiger partial charge in [-0.2, -0.15) is 0 Å². The van der Waals surface area contributed by atoms with Gasteiger partial charge in [-0.15, -0.1) is 0 Å². The van der Waals surface area contributed by atoms with Gasteiger partial charge in [-0.1, -0.05) is 48.5 Å². The minimum absolute atomic E-state index is 0.0907. The SMILES string of the molecule is O=C(CCN1CCN(Cc2ccccc2)CC1)c1cc2ccccc2o1. The highest BCUT2D eigenvalue weighted by atomic mass is 16.3. The van der Waals surface area contributed by atoms with E-state index in [0.29, 0.717) is 12.2 Å². The van der Waals surface area contributed by atoms with Crippen LogP contribution in [0.15, 0.2) is 65.1 Å². The van der Waals surface area contributed by atoms with E-state index in [-0.39, 0.29) is 5.78 Å². The largest absolute Gasteiger partial charge is 0.453 e. The molecular weight excluding hydrogens is 324 g/mol. The van der Waals surface area contributed by atoms with Crippen molar-refractivity contribution in [3.05, 3.63) is 72.0 Å². The quantitative estimate of drug-likeness (QED) is 0.635. The van der Waals surface area contributed by atoms with Crippen molar-refractivity contribution in [2.24, 2.45) is 0 Å². The van der Waals surface area contributed by atoms with Gasteiger partial charge in [0.15, 0.2) is 11.5 Å². The fourth-order valence-corrected chi connectivity index (χ4v) is 3.51. The molecule has 134 valence electrons. The van der Waals surface area contributed by atoms with Crippen LogP contribution in [-0.4, -0.2) is 48.3 Å². The molecule has 0 amide bonds. The topological polar surface area (TPSA) is 36.7 Å². The normalized spacial score (nSPS) is 16.2. The summed E-state index contributed by atoms with van der Waals surface area (Å²) in [6, 6.07) is 20.2. The molecule has 3 aromatic rings. The Balaban J connectivity index is 1.25. The second-order valence-corrected chi connectivity index (χ2v) is 6.93. The predicted octanol–water partition coefficient (Wildman–Crippen LogP) is 3.82. The standard InChI is InChI=1S/C22H24N2O2/c25-20(22-16-19-8-4-5-9-21(19)26-22)10-11-23-12-14-24(15-13-23)17-18-6-2-1-3-7-18/h1-9,16H,10-15,17H2. The highest BCUT2D eigenvalue weighted by molar-refractivity contribution is 5.97. The lowest BCUT2D eigenvalue weighted by Gasteiger charge is -2.34. The van der Waals surface area contributed by atoms with Gasteiger partial charge in [0, 0.05) is 51.1 Å². The van der Waals surface area contributed by atoms with Gasteiger partial charge in [0.25, 0.3) is 0 Å². The van der Waals surface area contributed by atoms with Crippen molar-refractivity contribution in [2.45, 2.75) is 13.0 Å². The number of para-hydroxylation sites is 1. The molecule has 0 radical (unpaired) electrons. The average Bonchev–Trinajstić information content (AvgIpc) is 3.12. The van der Waals surface area contributed by atoms with Gasteiger partial charge in [-0.3, -0.25) is 9.69 Å². The molecule has 0 atom stereocenters. The van der Waals surface area contributed by atoms with Crippen LogP contribution in [0.1, 0.15) is 22.5 Å². The van der Waals surface area contributed by atoms with E-state index in [0.717, 1.165) is 50.2 Å². The number of hydrogen-bond acceptors (Lipinski definition) is 4. The number of rotatable bonds is 6. The minimum atomic E-state index is 0.0907. The fraction of sp³-hybridized carbons (Fsp3) is 0.318. The molecule has 1 aliphatic rings. The van der Waals surface area contributed by atoms with Crippen LogP contribution in [0.5, 0.6) is 0 Å². The van der Waals surface area contributed by atoms with Crippen molar-refractivity contribution in [1.82, 2.24) is 9.80 Å². The van der Waals surface area contributed by atoms with Crippen LogP contribution in [0.3, 0.4) is 0 Å². The number of carbonyl (C=O) groups is 1. The van der Waals surface area contributed by atoms with Crippen LogP contribution in [0.2, 0.25) is 0 Å². The van der Waals surface area contributed by atoms with Crippen LogP contribution in [-0.2, 0) is 6.54 Å². The first-order valence-electron chi connectivity index (χ1n) is 9.28. The van der Waals surface area contributed by atoms with Crippen LogP contribution < -0.4 is 0 Å². The van der Waals surface area contributed by atoms with Gasteiger partial charge in [-0.05, 0) is 17.7 Å². The maximum atomic E-state index is 12.4. The number of benzene rings is 2. The lowest BCUT2D eigenvalue weighted by molar-refractivity contribution is 0.0900. The molecule has 0 N–H and O–H groups in total. The van der Waals surface area contributed by atoms with Gasteiger partial charge < -0.3 is 9.32 Å². The highest BCUT2D eigenvalue weighted by Gasteiger charge is 2.19. The molecule has 4 nitrogen and oxygen atoms in total. The van der Waals surface area contributed by atoms with E-state index in [9.17, 15) is 4.79 Å². The minimum Gasteiger partial charge on any atom is -0.453 e. The summed E-state index contributed by atoms with van der Waals surface area (Å²) in [5.41, 5.74) is 2.14. The average molecular weight is 348 g/mol. The molecule has 2 heterocycles. The third-order valence-corrected chi connectivity index (χ3v) is 5.07.